The predicted octanol–water partition coefficient (Wildman–Crippen LogP) is 5.59. The number of nitrogens with zero attached hydrogens (tertiary/aromatic N) is 3. The molecule has 1 saturated carbocycles. The number of carbonyl (C=O) groups is 1. The second-order valence-electron chi connectivity index (χ2n) is 9.80. The lowest BCUT2D eigenvalue weighted by Crippen LogP contribution is -2.14. The van der Waals surface area contributed by atoms with Crippen LogP contribution in [0.2, 0.25) is 0 Å². The Kier molecular flexibility index (Phi) is 7.45. The highest BCUT2D eigenvalue weighted by atomic mass is 19.1. The van der Waals surface area contributed by atoms with E-state index in [1.807, 2.05) is 43.3 Å². The van der Waals surface area contributed by atoms with Crippen LogP contribution in [0.5, 0.6) is 0 Å². The molecule has 1 heterocycles. The van der Waals surface area contributed by atoms with Gasteiger partial charge in [0.15, 0.2) is 5.78 Å². The van der Waals surface area contributed by atoms with Gasteiger partial charge in [0.2, 0.25) is 0 Å². The van der Waals surface area contributed by atoms with Crippen LogP contribution < -0.4 is 5.73 Å². The van der Waals surface area contributed by atoms with E-state index in [1.165, 1.54) is 6.07 Å². The molecular formula is C31H29FN4O2. The van der Waals surface area contributed by atoms with Gasteiger partial charge in [-0.3, -0.25) is 4.79 Å². The summed E-state index contributed by atoms with van der Waals surface area (Å²) in [5.41, 5.74) is 10.9. The quantitative estimate of drug-likeness (QED) is 0.282. The highest BCUT2D eigenvalue weighted by Crippen LogP contribution is 2.34. The maximum Gasteiger partial charge on any atom is 0.185 e. The van der Waals surface area contributed by atoms with Gasteiger partial charge in [-0.05, 0) is 90.4 Å². The molecule has 5 rings (SSSR count). The monoisotopic (exact) mass is 508 g/mol. The summed E-state index contributed by atoms with van der Waals surface area (Å²) in [6.07, 6.45) is 1.67. The largest absolute Gasteiger partial charge is 0.369 e. The van der Waals surface area contributed by atoms with Gasteiger partial charge in [-0.25, -0.2) is 9.07 Å². The summed E-state index contributed by atoms with van der Waals surface area (Å²) < 4.78 is 22.9. The molecule has 0 spiro atoms. The lowest BCUT2D eigenvalue weighted by molar-refractivity contribution is 0.0717. The first-order valence-electron chi connectivity index (χ1n) is 12.7. The van der Waals surface area contributed by atoms with Crippen LogP contribution >= 0.6 is 0 Å². The average molecular weight is 509 g/mol. The minimum atomic E-state index is -0.467. The molecule has 6 nitrogen and oxygen atoms in total. The highest BCUT2D eigenvalue weighted by molar-refractivity contribution is 5.96. The van der Waals surface area contributed by atoms with Crippen molar-refractivity contribution in [3.63, 3.8) is 0 Å². The third-order valence-electron chi connectivity index (χ3n) is 6.75. The molecule has 1 aromatic heterocycles. The topological polar surface area (TPSA) is 93.9 Å². The number of halogens is 1. The second kappa shape index (κ2) is 11.1. The first kappa shape index (κ1) is 25.5. The van der Waals surface area contributed by atoms with Crippen molar-refractivity contribution in [2.24, 2.45) is 11.7 Å². The van der Waals surface area contributed by atoms with Crippen molar-refractivity contribution in [1.82, 2.24) is 9.78 Å². The number of hydrogen-bond acceptors (Lipinski definition) is 5. The van der Waals surface area contributed by atoms with E-state index in [1.54, 1.807) is 35.0 Å². The van der Waals surface area contributed by atoms with Gasteiger partial charge in [0.1, 0.15) is 17.6 Å². The number of ether oxygens (including phenoxy) is 1. The number of benzene rings is 3. The van der Waals surface area contributed by atoms with Crippen molar-refractivity contribution in [2.75, 3.05) is 6.61 Å². The molecule has 0 bridgehead atoms. The van der Waals surface area contributed by atoms with Crippen LogP contribution in [0.25, 0.3) is 5.69 Å². The average Bonchev–Trinajstić information content (AvgIpc) is 3.69. The molecule has 2 N–H and O–H groups in total. The summed E-state index contributed by atoms with van der Waals surface area (Å²) in [4.78, 5) is 13.5. The molecule has 0 radical (unpaired) electrons. The van der Waals surface area contributed by atoms with Crippen LogP contribution in [0.3, 0.4) is 0 Å². The van der Waals surface area contributed by atoms with Gasteiger partial charge in [0.25, 0.3) is 0 Å². The number of rotatable bonds is 10. The van der Waals surface area contributed by atoms with Crippen LogP contribution in [0.15, 0.2) is 72.8 Å². The van der Waals surface area contributed by atoms with E-state index in [-0.39, 0.29) is 17.8 Å². The van der Waals surface area contributed by atoms with Gasteiger partial charge < -0.3 is 10.5 Å². The van der Waals surface area contributed by atoms with Gasteiger partial charge in [-0.2, -0.15) is 10.4 Å². The number of ketones is 1. The Bertz CT molecular complexity index is 1520. The molecule has 1 aliphatic rings. The van der Waals surface area contributed by atoms with E-state index in [4.69, 9.17) is 10.5 Å². The van der Waals surface area contributed by atoms with E-state index in [2.05, 4.69) is 11.2 Å². The second-order valence-corrected chi connectivity index (χ2v) is 9.80. The van der Waals surface area contributed by atoms with Crippen LogP contribution in [0.4, 0.5) is 4.39 Å². The highest BCUT2D eigenvalue weighted by Gasteiger charge is 2.26. The Morgan fingerprint density at radius 1 is 1.13 bits per heavy atom. The van der Waals surface area contributed by atoms with Crippen molar-refractivity contribution in [3.8, 4) is 11.8 Å². The molecule has 1 atom stereocenters. The predicted molar refractivity (Wildman–Crippen MR) is 142 cm³/mol. The summed E-state index contributed by atoms with van der Waals surface area (Å²) in [6.45, 7) is 2.78. The molecule has 192 valence electrons. The molecule has 0 amide bonds. The van der Waals surface area contributed by atoms with E-state index < -0.39 is 11.9 Å². The molecule has 3 aromatic carbocycles. The van der Waals surface area contributed by atoms with Crippen molar-refractivity contribution < 1.29 is 13.9 Å². The van der Waals surface area contributed by atoms with E-state index in [9.17, 15) is 10.1 Å². The van der Waals surface area contributed by atoms with E-state index in [0.29, 0.717) is 36.0 Å². The molecule has 0 saturated heterocycles. The van der Waals surface area contributed by atoms with Crippen LogP contribution in [0, 0.1) is 30.0 Å². The number of hydrogen-bond donors (Lipinski definition) is 1. The van der Waals surface area contributed by atoms with Crippen LogP contribution in [-0.2, 0) is 17.7 Å². The molecule has 38 heavy (non-hydrogen) atoms. The Morgan fingerprint density at radius 3 is 2.68 bits per heavy atom. The summed E-state index contributed by atoms with van der Waals surface area (Å²) in [7, 11) is 0. The lowest BCUT2D eigenvalue weighted by atomic mass is 9.96. The molecule has 1 fully saturated rings. The summed E-state index contributed by atoms with van der Waals surface area (Å²) in [6, 6.07) is 23.4. The number of aromatic nitrogens is 2. The Hall–Kier alpha value is -4.12. The van der Waals surface area contributed by atoms with Crippen LogP contribution in [0.1, 0.15) is 62.9 Å². The van der Waals surface area contributed by atoms with Gasteiger partial charge in [0, 0.05) is 13.0 Å². The van der Waals surface area contributed by atoms with Crippen molar-refractivity contribution in [1.29, 1.82) is 5.26 Å². The standard InChI is InChI=1S/C31H29FN4O2/c1-20-12-29(36(35-20)27-7-3-5-23(14-27)18-34)30(37)16-26-15-25(10-11-28(26)32)31(38-19-21-8-9-21)24-6-2-4-22(13-24)17-33/h2-7,10-15,21,31H,8-9,16,18-19,34H2,1H3. The molecule has 1 aliphatic carbocycles. The Balaban J connectivity index is 1.45. The fourth-order valence-corrected chi connectivity index (χ4v) is 4.54. The SMILES string of the molecule is Cc1cc(C(=O)Cc2cc(C(OCC3CC3)c3cccc(C#N)c3)ccc2F)n(-c2cccc(CN)c2)n1. The number of aryl methyl sites for hydroxylation is 1. The zero-order valence-corrected chi connectivity index (χ0v) is 21.2. The fourth-order valence-electron chi connectivity index (χ4n) is 4.54. The first-order chi connectivity index (χ1) is 18.4. The summed E-state index contributed by atoms with van der Waals surface area (Å²) in [5.74, 6) is -0.178. The van der Waals surface area contributed by atoms with Crippen molar-refractivity contribution in [2.45, 2.75) is 38.8 Å². The maximum absolute atomic E-state index is 15.0. The lowest BCUT2D eigenvalue weighted by Gasteiger charge is -2.20. The number of carbonyl (C=O) groups excluding carboxylic acids is 1. The smallest absolute Gasteiger partial charge is 0.185 e. The third-order valence-corrected chi connectivity index (χ3v) is 6.75. The number of Topliss-reactive ketones (excluding diaryl/α,β-unsaturated/α-hetero) is 1. The van der Waals surface area contributed by atoms with Crippen molar-refractivity contribution in [3.05, 3.63) is 118 Å². The minimum Gasteiger partial charge on any atom is -0.369 e. The van der Waals surface area contributed by atoms with E-state index in [0.717, 1.165) is 35.2 Å². The van der Waals surface area contributed by atoms with Crippen molar-refractivity contribution >= 4 is 5.78 Å². The normalized spacial score (nSPS) is 13.7. The molecule has 4 aromatic rings. The van der Waals surface area contributed by atoms with Gasteiger partial charge >= 0.3 is 0 Å². The fraction of sp³-hybridized carbons (Fsp3) is 0.258. The van der Waals surface area contributed by atoms with Crippen LogP contribution in [-0.4, -0.2) is 22.2 Å². The first-order valence-corrected chi connectivity index (χ1v) is 12.7. The Labute approximate surface area is 221 Å². The van der Waals surface area contributed by atoms with Gasteiger partial charge in [-0.1, -0.05) is 30.3 Å². The molecule has 0 aliphatic heterocycles. The van der Waals surface area contributed by atoms with E-state index >= 15 is 4.39 Å². The third kappa shape index (κ3) is 5.72. The number of nitrogens with two attached hydrogens (primary N) is 1. The summed E-state index contributed by atoms with van der Waals surface area (Å²) >= 11 is 0. The zero-order chi connectivity index (χ0) is 26.6. The number of nitriles is 1. The minimum absolute atomic E-state index is 0.130. The Morgan fingerprint density at radius 2 is 1.92 bits per heavy atom. The molecular weight excluding hydrogens is 479 g/mol. The molecule has 1 unspecified atom stereocenters. The van der Waals surface area contributed by atoms with Gasteiger partial charge in [0.05, 0.1) is 29.6 Å². The summed E-state index contributed by atoms with van der Waals surface area (Å²) in [5, 5.41) is 13.9. The molecule has 7 heteroatoms. The van der Waals surface area contributed by atoms with Gasteiger partial charge in [-0.15, -0.1) is 0 Å². The zero-order valence-electron chi connectivity index (χ0n) is 21.2. The maximum atomic E-state index is 15.0.